The van der Waals surface area contributed by atoms with Crippen LogP contribution in [0.4, 0.5) is 0 Å². The Hall–Kier alpha value is -1.64. The second kappa shape index (κ2) is 5.13. The van der Waals surface area contributed by atoms with E-state index in [0.717, 1.165) is 5.56 Å². The summed E-state index contributed by atoms with van der Waals surface area (Å²) in [4.78, 5) is 17.8. The fraction of sp³-hybridized carbons (Fsp3) is 0.429. The summed E-state index contributed by atoms with van der Waals surface area (Å²) in [5.41, 5.74) is 1.65. The maximum atomic E-state index is 11.9. The molecule has 0 unspecified atom stereocenters. The second-order valence-electron chi connectivity index (χ2n) is 5.32. The molecule has 0 aliphatic heterocycles. The molecule has 0 aliphatic carbocycles. The zero-order chi connectivity index (χ0) is 13.1. The molecule has 17 heavy (non-hydrogen) atoms. The summed E-state index contributed by atoms with van der Waals surface area (Å²) in [6, 6.07) is 3.81. The fourth-order valence-electron chi connectivity index (χ4n) is 1.33. The van der Waals surface area contributed by atoms with Gasteiger partial charge in [0.15, 0.2) is 0 Å². The Morgan fingerprint density at radius 1 is 1.35 bits per heavy atom. The Kier molecular flexibility index (Phi) is 4.05. The lowest BCUT2D eigenvalue weighted by Gasteiger charge is -2.18. The van der Waals surface area contributed by atoms with Gasteiger partial charge in [0.2, 0.25) is 5.78 Å². The molecule has 0 fully saturated rings. The van der Waals surface area contributed by atoms with Gasteiger partial charge in [0.25, 0.3) is 0 Å². The number of nitrogens with zero attached hydrogens (tertiary/aromatic N) is 2. The minimum Gasteiger partial charge on any atom is -0.383 e. The van der Waals surface area contributed by atoms with Crippen LogP contribution in [-0.4, -0.2) is 29.8 Å². The average molecular weight is 232 g/mol. The molecule has 0 aliphatic rings. The molecule has 1 rings (SSSR count). The van der Waals surface area contributed by atoms with Gasteiger partial charge in [0.1, 0.15) is 5.69 Å². The third-order valence-corrected chi connectivity index (χ3v) is 2.40. The highest BCUT2D eigenvalue weighted by atomic mass is 16.1. The summed E-state index contributed by atoms with van der Waals surface area (Å²) in [5.74, 6) is -0.0650. The molecule has 0 amide bonds. The van der Waals surface area contributed by atoms with Crippen molar-refractivity contribution in [3.63, 3.8) is 0 Å². The van der Waals surface area contributed by atoms with Crippen LogP contribution in [0.25, 0.3) is 0 Å². The van der Waals surface area contributed by atoms with E-state index in [0.29, 0.717) is 5.69 Å². The zero-order valence-electron chi connectivity index (χ0n) is 11.2. The van der Waals surface area contributed by atoms with Gasteiger partial charge in [-0.1, -0.05) is 20.8 Å². The number of carbonyl (C=O) groups excluding carboxylic acids is 1. The number of hydrogen-bond donors (Lipinski definition) is 0. The van der Waals surface area contributed by atoms with Gasteiger partial charge in [-0.2, -0.15) is 0 Å². The summed E-state index contributed by atoms with van der Waals surface area (Å²) < 4.78 is 0. The molecule has 1 aromatic heterocycles. The number of allylic oxidation sites excluding steroid dienone is 1. The first-order valence-corrected chi connectivity index (χ1v) is 5.66. The highest BCUT2D eigenvalue weighted by Gasteiger charge is 2.15. The number of carbonyl (C=O) groups is 1. The van der Waals surface area contributed by atoms with Crippen LogP contribution >= 0.6 is 0 Å². The lowest BCUT2D eigenvalue weighted by atomic mass is 9.87. The van der Waals surface area contributed by atoms with Crippen LogP contribution in [0.3, 0.4) is 0 Å². The molecule has 0 spiro atoms. The summed E-state index contributed by atoms with van der Waals surface area (Å²) >= 11 is 0. The SMILES string of the molecule is CN(C)C=CC(=O)c1cc(C(C)(C)C)ccn1. The Balaban J connectivity index is 2.96. The van der Waals surface area contributed by atoms with Crippen LogP contribution in [0.1, 0.15) is 36.8 Å². The van der Waals surface area contributed by atoms with Crippen molar-refractivity contribution in [1.82, 2.24) is 9.88 Å². The van der Waals surface area contributed by atoms with E-state index in [2.05, 4.69) is 25.8 Å². The normalized spacial score (nSPS) is 11.8. The van der Waals surface area contributed by atoms with E-state index in [1.165, 1.54) is 6.08 Å². The van der Waals surface area contributed by atoms with Crippen LogP contribution in [0.2, 0.25) is 0 Å². The van der Waals surface area contributed by atoms with Crippen molar-refractivity contribution in [2.24, 2.45) is 0 Å². The minimum absolute atomic E-state index is 0.0310. The van der Waals surface area contributed by atoms with Gasteiger partial charge < -0.3 is 4.90 Å². The first-order valence-electron chi connectivity index (χ1n) is 5.66. The molecule has 3 nitrogen and oxygen atoms in total. The van der Waals surface area contributed by atoms with Crippen molar-refractivity contribution in [2.75, 3.05) is 14.1 Å². The quantitative estimate of drug-likeness (QED) is 0.593. The van der Waals surface area contributed by atoms with Gasteiger partial charge >= 0.3 is 0 Å². The van der Waals surface area contributed by atoms with Crippen LogP contribution in [-0.2, 0) is 5.41 Å². The monoisotopic (exact) mass is 232 g/mol. The predicted molar refractivity (Wildman–Crippen MR) is 70.1 cm³/mol. The molecule has 92 valence electrons. The third-order valence-electron chi connectivity index (χ3n) is 2.40. The van der Waals surface area contributed by atoms with Gasteiger partial charge in [-0.3, -0.25) is 9.78 Å². The summed E-state index contributed by atoms with van der Waals surface area (Å²) in [5, 5.41) is 0. The summed E-state index contributed by atoms with van der Waals surface area (Å²) in [6.45, 7) is 6.35. The molecule has 0 saturated carbocycles. The topological polar surface area (TPSA) is 33.2 Å². The van der Waals surface area contributed by atoms with E-state index in [1.807, 2.05) is 31.1 Å². The maximum Gasteiger partial charge on any atom is 0.205 e. The fourth-order valence-corrected chi connectivity index (χ4v) is 1.33. The summed E-state index contributed by atoms with van der Waals surface area (Å²) in [7, 11) is 3.76. The Bertz CT molecular complexity index is 428. The van der Waals surface area contributed by atoms with Crippen molar-refractivity contribution in [2.45, 2.75) is 26.2 Å². The van der Waals surface area contributed by atoms with Crippen LogP contribution in [0.5, 0.6) is 0 Å². The molecule has 1 heterocycles. The van der Waals surface area contributed by atoms with Gasteiger partial charge in [-0.05, 0) is 23.1 Å². The van der Waals surface area contributed by atoms with E-state index in [1.54, 1.807) is 12.4 Å². The van der Waals surface area contributed by atoms with Crippen molar-refractivity contribution in [3.05, 3.63) is 41.9 Å². The highest BCUT2D eigenvalue weighted by molar-refractivity contribution is 6.03. The molecular weight excluding hydrogens is 212 g/mol. The van der Waals surface area contributed by atoms with Crippen LogP contribution in [0, 0.1) is 0 Å². The zero-order valence-corrected chi connectivity index (χ0v) is 11.2. The molecule has 0 bridgehead atoms. The Labute approximate surface area is 103 Å². The highest BCUT2D eigenvalue weighted by Crippen LogP contribution is 2.22. The molecule has 3 heteroatoms. The minimum atomic E-state index is -0.0650. The van der Waals surface area contributed by atoms with Crippen LogP contribution < -0.4 is 0 Å². The molecule has 0 N–H and O–H groups in total. The number of ketones is 1. The van der Waals surface area contributed by atoms with Crippen molar-refractivity contribution >= 4 is 5.78 Å². The molecule has 0 saturated heterocycles. The first-order chi connectivity index (χ1) is 7.80. The third kappa shape index (κ3) is 4.02. The summed E-state index contributed by atoms with van der Waals surface area (Å²) in [6.07, 6.45) is 4.96. The molecule has 0 radical (unpaired) electrons. The standard InChI is InChI=1S/C14H20N2O/c1-14(2,3)11-6-8-15-12(10-11)13(17)7-9-16(4)5/h6-10H,1-5H3. The number of hydrogen-bond acceptors (Lipinski definition) is 3. The first kappa shape index (κ1) is 13.4. The van der Waals surface area contributed by atoms with E-state index >= 15 is 0 Å². The second-order valence-corrected chi connectivity index (χ2v) is 5.32. The average Bonchev–Trinajstić information content (AvgIpc) is 2.25. The van der Waals surface area contributed by atoms with Gasteiger partial charge in [0.05, 0.1) is 0 Å². The van der Waals surface area contributed by atoms with Gasteiger partial charge in [-0.25, -0.2) is 0 Å². The largest absolute Gasteiger partial charge is 0.383 e. The Morgan fingerprint density at radius 3 is 2.53 bits per heavy atom. The van der Waals surface area contributed by atoms with Gasteiger partial charge in [0, 0.05) is 32.6 Å². The van der Waals surface area contributed by atoms with Crippen molar-refractivity contribution in [1.29, 1.82) is 0 Å². The van der Waals surface area contributed by atoms with E-state index in [4.69, 9.17) is 0 Å². The smallest absolute Gasteiger partial charge is 0.205 e. The molecule has 0 atom stereocenters. The number of pyridine rings is 1. The van der Waals surface area contributed by atoms with E-state index < -0.39 is 0 Å². The molecule has 1 aromatic rings. The number of aromatic nitrogens is 1. The van der Waals surface area contributed by atoms with Gasteiger partial charge in [-0.15, -0.1) is 0 Å². The lowest BCUT2D eigenvalue weighted by Crippen LogP contribution is -2.13. The van der Waals surface area contributed by atoms with E-state index in [9.17, 15) is 4.79 Å². The Morgan fingerprint density at radius 2 is 2.00 bits per heavy atom. The van der Waals surface area contributed by atoms with Crippen LogP contribution in [0.15, 0.2) is 30.6 Å². The van der Waals surface area contributed by atoms with E-state index in [-0.39, 0.29) is 11.2 Å². The maximum absolute atomic E-state index is 11.9. The number of rotatable bonds is 3. The predicted octanol–water partition coefficient (Wildman–Crippen LogP) is 2.64. The lowest BCUT2D eigenvalue weighted by molar-refractivity contribution is 0.104. The molecule has 0 aromatic carbocycles. The van der Waals surface area contributed by atoms with Crippen molar-refractivity contribution < 1.29 is 4.79 Å². The van der Waals surface area contributed by atoms with Crippen molar-refractivity contribution in [3.8, 4) is 0 Å². The molecular formula is C14H20N2O.